The third kappa shape index (κ3) is 3.84. The van der Waals surface area contributed by atoms with Gasteiger partial charge in [0.25, 0.3) is 5.91 Å². The fourth-order valence-electron chi connectivity index (χ4n) is 3.63. The van der Waals surface area contributed by atoms with E-state index in [0.717, 1.165) is 38.2 Å². The van der Waals surface area contributed by atoms with Gasteiger partial charge in [-0.25, -0.2) is 9.48 Å². The highest BCUT2D eigenvalue weighted by molar-refractivity contribution is 6.04. The first-order valence-corrected chi connectivity index (χ1v) is 9.70. The number of aryl methyl sites for hydroxylation is 1. The Bertz CT molecular complexity index is 873. The molecular formula is C19H25N7O2. The van der Waals surface area contributed by atoms with Crippen LogP contribution < -0.4 is 20.9 Å². The number of urea groups is 1. The van der Waals surface area contributed by atoms with Crippen molar-refractivity contribution >= 4 is 23.6 Å². The molecule has 2 aliphatic rings. The zero-order chi connectivity index (χ0) is 19.5. The SMILES string of the molecule is Cn1nc(C2CCNCC2)nc1NC(=O)c1cccc(N2CCCNC2=O)c1. The van der Waals surface area contributed by atoms with Gasteiger partial charge in [0.15, 0.2) is 5.82 Å². The molecule has 0 spiro atoms. The Hall–Kier alpha value is -2.94. The normalized spacial score (nSPS) is 18.0. The van der Waals surface area contributed by atoms with Gasteiger partial charge in [-0.1, -0.05) is 6.07 Å². The molecule has 4 rings (SSSR count). The lowest BCUT2D eigenvalue weighted by atomic mass is 9.98. The number of amides is 3. The number of hydrogen-bond donors (Lipinski definition) is 3. The van der Waals surface area contributed by atoms with Crippen molar-refractivity contribution in [2.24, 2.45) is 7.05 Å². The molecular weight excluding hydrogens is 358 g/mol. The number of carbonyl (C=O) groups excluding carboxylic acids is 2. The summed E-state index contributed by atoms with van der Waals surface area (Å²) in [5.74, 6) is 1.25. The van der Waals surface area contributed by atoms with Gasteiger partial charge in [-0.3, -0.25) is 15.0 Å². The lowest BCUT2D eigenvalue weighted by Gasteiger charge is -2.27. The number of hydrogen-bond acceptors (Lipinski definition) is 5. The summed E-state index contributed by atoms with van der Waals surface area (Å²) in [7, 11) is 1.78. The first-order valence-electron chi connectivity index (χ1n) is 9.70. The minimum Gasteiger partial charge on any atom is -0.338 e. The number of piperidine rings is 1. The summed E-state index contributed by atoms with van der Waals surface area (Å²) < 4.78 is 1.61. The zero-order valence-corrected chi connectivity index (χ0v) is 15.9. The lowest BCUT2D eigenvalue weighted by molar-refractivity contribution is 0.102. The number of nitrogens with one attached hydrogen (secondary N) is 3. The Balaban J connectivity index is 1.49. The highest BCUT2D eigenvalue weighted by Crippen LogP contribution is 2.24. The summed E-state index contributed by atoms with van der Waals surface area (Å²) >= 11 is 0. The van der Waals surface area contributed by atoms with E-state index >= 15 is 0 Å². The molecule has 2 aromatic rings. The monoisotopic (exact) mass is 383 g/mol. The van der Waals surface area contributed by atoms with Crippen LogP contribution in [0.1, 0.15) is 41.4 Å². The molecule has 0 bridgehead atoms. The second kappa shape index (κ2) is 7.97. The lowest BCUT2D eigenvalue weighted by Crippen LogP contribution is -2.46. The van der Waals surface area contributed by atoms with Gasteiger partial charge in [-0.05, 0) is 50.6 Å². The van der Waals surface area contributed by atoms with E-state index in [1.165, 1.54) is 0 Å². The largest absolute Gasteiger partial charge is 0.338 e. The van der Waals surface area contributed by atoms with Gasteiger partial charge in [0.2, 0.25) is 5.95 Å². The first-order chi connectivity index (χ1) is 13.6. The molecule has 3 amide bonds. The van der Waals surface area contributed by atoms with Crippen LogP contribution in [0.3, 0.4) is 0 Å². The van der Waals surface area contributed by atoms with E-state index in [0.29, 0.717) is 36.2 Å². The van der Waals surface area contributed by atoms with Crippen LogP contribution in [0.2, 0.25) is 0 Å². The van der Waals surface area contributed by atoms with Crippen LogP contribution in [-0.2, 0) is 7.05 Å². The quantitative estimate of drug-likeness (QED) is 0.741. The molecule has 3 N–H and O–H groups in total. The molecule has 28 heavy (non-hydrogen) atoms. The van der Waals surface area contributed by atoms with Crippen molar-refractivity contribution in [2.45, 2.75) is 25.2 Å². The van der Waals surface area contributed by atoms with E-state index in [1.807, 2.05) is 6.07 Å². The van der Waals surface area contributed by atoms with Crippen molar-refractivity contribution < 1.29 is 9.59 Å². The molecule has 3 heterocycles. The minimum absolute atomic E-state index is 0.135. The van der Waals surface area contributed by atoms with Crippen LogP contribution in [0, 0.1) is 0 Å². The summed E-state index contributed by atoms with van der Waals surface area (Å²) in [5, 5.41) is 13.5. The van der Waals surface area contributed by atoms with Crippen LogP contribution in [0.25, 0.3) is 0 Å². The Morgan fingerprint density at radius 1 is 1.25 bits per heavy atom. The first kappa shape index (κ1) is 18.4. The molecule has 0 aliphatic carbocycles. The average Bonchev–Trinajstić information content (AvgIpc) is 3.09. The van der Waals surface area contributed by atoms with E-state index in [4.69, 9.17) is 0 Å². The van der Waals surface area contributed by atoms with E-state index in [1.54, 1.807) is 34.8 Å². The topological polar surface area (TPSA) is 104 Å². The molecule has 0 radical (unpaired) electrons. The molecule has 2 saturated heterocycles. The van der Waals surface area contributed by atoms with Crippen molar-refractivity contribution in [3.05, 3.63) is 35.7 Å². The van der Waals surface area contributed by atoms with E-state index in [-0.39, 0.29) is 11.9 Å². The predicted octanol–water partition coefficient (Wildman–Crippen LogP) is 1.45. The predicted molar refractivity (Wildman–Crippen MR) is 106 cm³/mol. The number of benzene rings is 1. The van der Waals surface area contributed by atoms with E-state index in [2.05, 4.69) is 26.0 Å². The Kier molecular flexibility index (Phi) is 5.25. The van der Waals surface area contributed by atoms with Crippen LogP contribution in [-0.4, -0.2) is 52.9 Å². The van der Waals surface area contributed by atoms with Gasteiger partial charge in [-0.2, -0.15) is 10.1 Å². The van der Waals surface area contributed by atoms with Gasteiger partial charge in [0.05, 0.1) is 0 Å². The van der Waals surface area contributed by atoms with Gasteiger partial charge in [-0.15, -0.1) is 0 Å². The highest BCUT2D eigenvalue weighted by Gasteiger charge is 2.23. The maximum absolute atomic E-state index is 12.7. The number of anilines is 2. The number of nitrogens with zero attached hydrogens (tertiary/aromatic N) is 4. The Labute approximate surface area is 163 Å². The molecule has 0 saturated carbocycles. The third-order valence-corrected chi connectivity index (χ3v) is 5.21. The van der Waals surface area contributed by atoms with Gasteiger partial charge in [0.1, 0.15) is 0 Å². The second-order valence-corrected chi connectivity index (χ2v) is 7.18. The summed E-state index contributed by atoms with van der Waals surface area (Å²) in [6.07, 6.45) is 2.87. The summed E-state index contributed by atoms with van der Waals surface area (Å²) in [6.45, 7) is 3.24. The van der Waals surface area contributed by atoms with Crippen LogP contribution in [0.5, 0.6) is 0 Å². The van der Waals surface area contributed by atoms with Crippen LogP contribution >= 0.6 is 0 Å². The van der Waals surface area contributed by atoms with Crippen molar-refractivity contribution in [2.75, 3.05) is 36.4 Å². The van der Waals surface area contributed by atoms with Crippen molar-refractivity contribution in [1.82, 2.24) is 25.4 Å². The zero-order valence-electron chi connectivity index (χ0n) is 15.9. The van der Waals surface area contributed by atoms with Gasteiger partial charge in [0, 0.05) is 37.3 Å². The fourth-order valence-corrected chi connectivity index (χ4v) is 3.63. The fraction of sp³-hybridized carbons (Fsp3) is 0.474. The van der Waals surface area contributed by atoms with Crippen molar-refractivity contribution in [1.29, 1.82) is 0 Å². The molecule has 0 atom stereocenters. The van der Waals surface area contributed by atoms with Crippen LogP contribution in [0.15, 0.2) is 24.3 Å². The number of rotatable bonds is 4. The molecule has 2 aliphatic heterocycles. The number of carbonyl (C=O) groups is 2. The maximum atomic E-state index is 12.7. The van der Waals surface area contributed by atoms with E-state index < -0.39 is 0 Å². The summed E-state index contributed by atoms with van der Waals surface area (Å²) in [5.41, 5.74) is 1.18. The molecule has 9 heteroatoms. The molecule has 148 valence electrons. The molecule has 9 nitrogen and oxygen atoms in total. The molecule has 0 unspecified atom stereocenters. The van der Waals surface area contributed by atoms with Gasteiger partial charge >= 0.3 is 6.03 Å². The highest BCUT2D eigenvalue weighted by atomic mass is 16.2. The Morgan fingerprint density at radius 3 is 2.86 bits per heavy atom. The standard InChI is InChI=1S/C19H25N7O2/c1-25-18(22-16(24-25)13-6-9-20-10-7-13)23-17(27)14-4-2-5-15(12-14)26-11-3-8-21-19(26)28/h2,4-5,12-13,20H,3,6-11H2,1H3,(H,21,28)(H,22,23,24,27). The Morgan fingerprint density at radius 2 is 2.07 bits per heavy atom. The summed E-state index contributed by atoms with van der Waals surface area (Å²) in [4.78, 5) is 31.0. The number of aromatic nitrogens is 3. The van der Waals surface area contributed by atoms with Crippen molar-refractivity contribution in [3.8, 4) is 0 Å². The minimum atomic E-state index is -0.272. The smallest absolute Gasteiger partial charge is 0.321 e. The van der Waals surface area contributed by atoms with E-state index in [9.17, 15) is 9.59 Å². The third-order valence-electron chi connectivity index (χ3n) is 5.21. The van der Waals surface area contributed by atoms with Crippen molar-refractivity contribution in [3.63, 3.8) is 0 Å². The van der Waals surface area contributed by atoms with Crippen LogP contribution in [0.4, 0.5) is 16.4 Å². The maximum Gasteiger partial charge on any atom is 0.321 e. The van der Waals surface area contributed by atoms with Gasteiger partial charge < -0.3 is 10.6 Å². The second-order valence-electron chi connectivity index (χ2n) is 7.18. The molecule has 2 fully saturated rings. The molecule has 1 aromatic heterocycles. The average molecular weight is 383 g/mol. The molecule has 1 aromatic carbocycles. The summed E-state index contributed by atoms with van der Waals surface area (Å²) in [6, 6.07) is 6.93.